The van der Waals surface area contributed by atoms with E-state index in [1.54, 1.807) is 22.4 Å². The maximum Gasteiger partial charge on any atom is 0.306 e. The number of hydrogen-bond donors (Lipinski definition) is 1. The molecule has 8 heteroatoms. The normalized spacial score (nSPS) is 15.5. The summed E-state index contributed by atoms with van der Waals surface area (Å²) < 4.78 is 1.83. The molecule has 0 unspecified atom stereocenters. The fourth-order valence-corrected chi connectivity index (χ4v) is 4.31. The van der Waals surface area contributed by atoms with Crippen molar-refractivity contribution in [2.24, 2.45) is 5.92 Å². The van der Waals surface area contributed by atoms with Crippen LogP contribution in [0.15, 0.2) is 29.8 Å². The van der Waals surface area contributed by atoms with Crippen LogP contribution < -0.4 is 0 Å². The molecular weight excluding hydrogens is 376 g/mol. The Hall–Kier alpha value is -2.74. The van der Waals surface area contributed by atoms with Gasteiger partial charge in [-0.15, -0.1) is 11.3 Å². The van der Waals surface area contributed by atoms with E-state index >= 15 is 0 Å². The highest BCUT2D eigenvalue weighted by molar-refractivity contribution is 7.13. The molecule has 1 amide bonds. The molecule has 0 spiro atoms. The molecule has 4 heterocycles. The average molecular weight is 398 g/mol. The van der Waals surface area contributed by atoms with Crippen LogP contribution in [0.4, 0.5) is 0 Å². The zero-order valence-electron chi connectivity index (χ0n) is 15.8. The van der Waals surface area contributed by atoms with E-state index < -0.39 is 5.97 Å². The Bertz CT molecular complexity index is 1020. The van der Waals surface area contributed by atoms with Gasteiger partial charge in [-0.05, 0) is 44.2 Å². The summed E-state index contributed by atoms with van der Waals surface area (Å²) in [5.41, 5.74) is 2.03. The molecule has 7 nitrogen and oxygen atoms in total. The first-order chi connectivity index (χ1) is 13.5. The highest BCUT2D eigenvalue weighted by atomic mass is 32.1. The molecule has 0 atom stereocenters. The molecule has 1 saturated heterocycles. The van der Waals surface area contributed by atoms with Crippen LogP contribution in [0.25, 0.3) is 21.6 Å². The number of thiophene rings is 1. The van der Waals surface area contributed by atoms with E-state index in [1.807, 2.05) is 42.1 Å². The summed E-state index contributed by atoms with van der Waals surface area (Å²) in [6, 6.07) is 5.91. The van der Waals surface area contributed by atoms with E-state index in [2.05, 4.69) is 5.10 Å². The van der Waals surface area contributed by atoms with Crippen LogP contribution in [-0.4, -0.2) is 49.7 Å². The summed E-state index contributed by atoms with van der Waals surface area (Å²) in [4.78, 5) is 32.0. The Kier molecular flexibility index (Phi) is 4.89. The van der Waals surface area contributed by atoms with Gasteiger partial charge in [-0.1, -0.05) is 6.07 Å². The van der Waals surface area contributed by atoms with E-state index in [0.29, 0.717) is 37.1 Å². The Balaban J connectivity index is 1.75. The highest BCUT2D eigenvalue weighted by Gasteiger charge is 2.29. The standard InChI is InChI=1S/C20H22N4O3S/c1-12(2)24-18-15(11-21-24)14(10-16(22-18)17-4-3-9-28-17)19(25)23-7-5-13(6-8-23)20(26)27/h3-4,9-13H,5-8H2,1-2H3,(H,26,27). The third-order valence-corrected chi connectivity index (χ3v) is 6.08. The molecule has 4 rings (SSSR count). The molecule has 146 valence electrons. The molecule has 0 aliphatic carbocycles. The van der Waals surface area contributed by atoms with E-state index in [0.717, 1.165) is 16.0 Å². The molecular formula is C20H22N4O3S. The smallest absolute Gasteiger partial charge is 0.306 e. The zero-order valence-corrected chi connectivity index (χ0v) is 16.6. The van der Waals surface area contributed by atoms with Crippen LogP contribution in [0.5, 0.6) is 0 Å². The summed E-state index contributed by atoms with van der Waals surface area (Å²) >= 11 is 1.58. The van der Waals surface area contributed by atoms with Crippen LogP contribution in [0.1, 0.15) is 43.1 Å². The molecule has 0 saturated carbocycles. The van der Waals surface area contributed by atoms with Crippen molar-refractivity contribution in [1.29, 1.82) is 0 Å². The summed E-state index contributed by atoms with van der Waals surface area (Å²) in [6.45, 7) is 4.97. The number of likely N-dealkylation sites (tertiary alicyclic amines) is 1. The first kappa shape index (κ1) is 18.6. The lowest BCUT2D eigenvalue weighted by atomic mass is 9.96. The predicted molar refractivity (Wildman–Crippen MR) is 107 cm³/mol. The largest absolute Gasteiger partial charge is 0.481 e. The van der Waals surface area contributed by atoms with Crippen molar-refractivity contribution in [1.82, 2.24) is 19.7 Å². The minimum absolute atomic E-state index is 0.0858. The molecule has 0 bridgehead atoms. The molecule has 1 fully saturated rings. The number of carbonyl (C=O) groups excluding carboxylic acids is 1. The van der Waals surface area contributed by atoms with Crippen molar-refractivity contribution < 1.29 is 14.7 Å². The van der Waals surface area contributed by atoms with Gasteiger partial charge in [0.25, 0.3) is 5.91 Å². The quantitative estimate of drug-likeness (QED) is 0.724. The van der Waals surface area contributed by atoms with Gasteiger partial charge >= 0.3 is 5.97 Å². The number of aromatic nitrogens is 3. The summed E-state index contributed by atoms with van der Waals surface area (Å²) in [6.07, 6.45) is 2.68. The molecule has 3 aromatic rings. The number of rotatable bonds is 4. The Labute approximate surface area is 166 Å². The maximum absolute atomic E-state index is 13.3. The van der Waals surface area contributed by atoms with Crippen molar-refractivity contribution >= 4 is 34.2 Å². The van der Waals surface area contributed by atoms with Gasteiger partial charge < -0.3 is 10.0 Å². The minimum atomic E-state index is -0.781. The summed E-state index contributed by atoms with van der Waals surface area (Å²) in [5, 5.41) is 16.4. The predicted octanol–water partition coefficient (Wildman–Crippen LogP) is 3.68. The van der Waals surface area contributed by atoms with E-state index in [4.69, 9.17) is 4.98 Å². The number of carboxylic acids is 1. The van der Waals surface area contributed by atoms with Crippen molar-refractivity contribution in [3.63, 3.8) is 0 Å². The highest BCUT2D eigenvalue weighted by Crippen LogP contribution is 2.30. The number of aliphatic carboxylic acids is 1. The van der Waals surface area contributed by atoms with Crippen molar-refractivity contribution in [3.05, 3.63) is 35.3 Å². The Morgan fingerprint density at radius 2 is 2.04 bits per heavy atom. The number of hydrogen-bond acceptors (Lipinski definition) is 5. The van der Waals surface area contributed by atoms with Gasteiger partial charge in [-0.2, -0.15) is 5.10 Å². The Morgan fingerprint density at radius 3 is 2.64 bits per heavy atom. The first-order valence-corrected chi connectivity index (χ1v) is 10.3. The number of nitrogens with zero attached hydrogens (tertiary/aromatic N) is 4. The van der Waals surface area contributed by atoms with Crippen LogP contribution >= 0.6 is 11.3 Å². The minimum Gasteiger partial charge on any atom is -0.481 e. The third kappa shape index (κ3) is 3.28. The first-order valence-electron chi connectivity index (χ1n) is 9.40. The average Bonchev–Trinajstić information content (AvgIpc) is 3.36. The van der Waals surface area contributed by atoms with E-state index in [1.165, 1.54) is 0 Å². The van der Waals surface area contributed by atoms with Crippen LogP contribution in [-0.2, 0) is 4.79 Å². The third-order valence-electron chi connectivity index (χ3n) is 5.19. The van der Waals surface area contributed by atoms with Gasteiger partial charge in [0.1, 0.15) is 0 Å². The van der Waals surface area contributed by atoms with Crippen molar-refractivity contribution in [3.8, 4) is 10.6 Å². The number of piperidine rings is 1. The van der Waals surface area contributed by atoms with Gasteiger partial charge in [-0.25, -0.2) is 9.67 Å². The van der Waals surface area contributed by atoms with Gasteiger partial charge in [-0.3, -0.25) is 9.59 Å². The fraction of sp³-hybridized carbons (Fsp3) is 0.400. The Morgan fingerprint density at radius 1 is 1.29 bits per heavy atom. The molecule has 1 aliphatic heterocycles. The molecule has 0 aromatic carbocycles. The van der Waals surface area contributed by atoms with Crippen molar-refractivity contribution in [2.75, 3.05) is 13.1 Å². The van der Waals surface area contributed by atoms with E-state index in [9.17, 15) is 14.7 Å². The number of fused-ring (bicyclic) bond motifs is 1. The zero-order chi connectivity index (χ0) is 19.8. The van der Waals surface area contributed by atoms with Crippen molar-refractivity contribution in [2.45, 2.75) is 32.7 Å². The topological polar surface area (TPSA) is 88.3 Å². The monoisotopic (exact) mass is 398 g/mol. The lowest BCUT2D eigenvalue weighted by Crippen LogP contribution is -2.40. The molecule has 1 N–H and O–H groups in total. The molecule has 1 aliphatic rings. The van der Waals surface area contributed by atoms with Gasteiger partial charge in [0.05, 0.1) is 33.6 Å². The van der Waals surface area contributed by atoms with Gasteiger partial charge in [0.15, 0.2) is 5.65 Å². The summed E-state index contributed by atoms with van der Waals surface area (Å²) in [5.74, 6) is -1.24. The SMILES string of the molecule is CC(C)n1ncc2c(C(=O)N3CCC(C(=O)O)CC3)cc(-c3cccs3)nc21. The second-order valence-electron chi connectivity index (χ2n) is 7.36. The summed E-state index contributed by atoms with van der Waals surface area (Å²) in [7, 11) is 0. The molecule has 3 aromatic heterocycles. The van der Waals surface area contributed by atoms with Crippen LogP contribution in [0.2, 0.25) is 0 Å². The number of pyridine rings is 1. The van der Waals surface area contributed by atoms with Gasteiger partial charge in [0.2, 0.25) is 0 Å². The lowest BCUT2D eigenvalue weighted by molar-refractivity contribution is -0.143. The van der Waals surface area contributed by atoms with Crippen LogP contribution in [0, 0.1) is 5.92 Å². The van der Waals surface area contributed by atoms with Crippen LogP contribution in [0.3, 0.4) is 0 Å². The maximum atomic E-state index is 13.3. The molecule has 0 radical (unpaired) electrons. The fourth-order valence-electron chi connectivity index (χ4n) is 3.62. The number of carbonyl (C=O) groups is 2. The molecule has 28 heavy (non-hydrogen) atoms. The number of carboxylic acid groups (broad SMARTS) is 1. The van der Waals surface area contributed by atoms with Gasteiger partial charge in [0, 0.05) is 19.1 Å². The lowest BCUT2D eigenvalue weighted by Gasteiger charge is -2.30. The number of amides is 1. The second kappa shape index (κ2) is 7.35. The van der Waals surface area contributed by atoms with E-state index in [-0.39, 0.29) is 17.9 Å². The second-order valence-corrected chi connectivity index (χ2v) is 8.30.